The highest BCUT2D eigenvalue weighted by molar-refractivity contribution is 5.76. The second-order valence-corrected chi connectivity index (χ2v) is 4.63. The summed E-state index contributed by atoms with van der Waals surface area (Å²) in [4.78, 5) is 10.9. The highest BCUT2D eigenvalue weighted by atomic mass is 19.3. The third-order valence-electron chi connectivity index (χ3n) is 2.53. The molecule has 0 fully saturated rings. The van der Waals surface area contributed by atoms with Gasteiger partial charge in [-0.3, -0.25) is 4.79 Å². The zero-order valence-electron chi connectivity index (χ0n) is 10.6. The van der Waals surface area contributed by atoms with E-state index in [4.69, 9.17) is 5.73 Å². The van der Waals surface area contributed by atoms with Crippen LogP contribution in [-0.2, 0) is 24.2 Å². The van der Waals surface area contributed by atoms with E-state index in [2.05, 4.69) is 10.3 Å². The van der Waals surface area contributed by atoms with Crippen molar-refractivity contribution in [2.75, 3.05) is 0 Å². The Morgan fingerprint density at radius 1 is 1.44 bits per heavy atom. The highest BCUT2D eigenvalue weighted by Crippen LogP contribution is 2.14. The first-order chi connectivity index (χ1) is 8.40. The first kappa shape index (κ1) is 14.5. The van der Waals surface area contributed by atoms with E-state index in [0.29, 0.717) is 23.7 Å². The van der Waals surface area contributed by atoms with Gasteiger partial charge < -0.3 is 5.73 Å². The van der Waals surface area contributed by atoms with Crippen molar-refractivity contribution >= 4 is 5.91 Å². The number of aromatic nitrogens is 3. The topological polar surface area (TPSA) is 73.8 Å². The SMILES string of the molecule is CC(C)CCc1c(CC(N)=O)nnn1CC(F)F. The lowest BCUT2D eigenvalue weighted by Gasteiger charge is -2.08. The van der Waals surface area contributed by atoms with Crippen LogP contribution in [0.3, 0.4) is 0 Å². The summed E-state index contributed by atoms with van der Waals surface area (Å²) in [7, 11) is 0. The van der Waals surface area contributed by atoms with E-state index in [1.165, 1.54) is 4.68 Å². The quantitative estimate of drug-likeness (QED) is 0.799. The van der Waals surface area contributed by atoms with E-state index >= 15 is 0 Å². The zero-order chi connectivity index (χ0) is 13.7. The maximum absolute atomic E-state index is 12.4. The monoisotopic (exact) mass is 260 g/mol. The lowest BCUT2D eigenvalue weighted by molar-refractivity contribution is -0.117. The molecule has 102 valence electrons. The fourth-order valence-electron chi connectivity index (χ4n) is 1.65. The Morgan fingerprint density at radius 3 is 2.61 bits per heavy atom. The summed E-state index contributed by atoms with van der Waals surface area (Å²) in [6.45, 7) is 3.57. The Balaban J connectivity index is 2.89. The second-order valence-electron chi connectivity index (χ2n) is 4.63. The average molecular weight is 260 g/mol. The van der Waals surface area contributed by atoms with Crippen molar-refractivity contribution in [1.82, 2.24) is 15.0 Å². The molecule has 1 aromatic heterocycles. The van der Waals surface area contributed by atoms with Crippen LogP contribution >= 0.6 is 0 Å². The summed E-state index contributed by atoms with van der Waals surface area (Å²) in [5, 5.41) is 7.43. The van der Waals surface area contributed by atoms with E-state index in [-0.39, 0.29) is 6.42 Å². The number of alkyl halides is 2. The number of rotatable bonds is 7. The second kappa shape index (κ2) is 6.42. The summed E-state index contributed by atoms with van der Waals surface area (Å²) in [6.07, 6.45) is -1.16. The third kappa shape index (κ3) is 4.38. The van der Waals surface area contributed by atoms with Gasteiger partial charge in [-0.1, -0.05) is 19.1 Å². The van der Waals surface area contributed by atoms with Crippen LogP contribution in [0.2, 0.25) is 0 Å². The minimum Gasteiger partial charge on any atom is -0.369 e. The van der Waals surface area contributed by atoms with Gasteiger partial charge in [-0.15, -0.1) is 5.10 Å². The van der Waals surface area contributed by atoms with Crippen LogP contribution in [0.4, 0.5) is 8.78 Å². The van der Waals surface area contributed by atoms with Gasteiger partial charge in [0.1, 0.15) is 6.54 Å². The summed E-state index contributed by atoms with van der Waals surface area (Å²) in [5.74, 6) is -0.105. The standard InChI is InChI=1S/C11H18F2N4O/c1-7(2)3-4-9-8(5-11(14)18)15-16-17(9)6-10(12)13/h7,10H,3-6H2,1-2H3,(H2,14,18). The molecule has 0 unspecified atom stereocenters. The van der Waals surface area contributed by atoms with E-state index in [1.54, 1.807) is 0 Å². The number of carbonyl (C=O) groups is 1. The average Bonchev–Trinajstić information content (AvgIpc) is 2.56. The Labute approximate surface area is 104 Å². The Kier molecular flexibility index (Phi) is 5.18. The van der Waals surface area contributed by atoms with Gasteiger partial charge in [0.25, 0.3) is 6.43 Å². The minimum absolute atomic E-state index is 0.0589. The molecular weight excluding hydrogens is 242 g/mol. The predicted molar refractivity (Wildman–Crippen MR) is 62.1 cm³/mol. The van der Waals surface area contributed by atoms with Crippen molar-refractivity contribution in [2.24, 2.45) is 11.7 Å². The molecule has 0 aliphatic rings. The lowest BCUT2D eigenvalue weighted by Crippen LogP contribution is -2.17. The molecule has 5 nitrogen and oxygen atoms in total. The normalized spacial score (nSPS) is 11.4. The Morgan fingerprint density at radius 2 is 2.11 bits per heavy atom. The first-order valence-corrected chi connectivity index (χ1v) is 5.87. The maximum Gasteiger partial charge on any atom is 0.257 e. The van der Waals surface area contributed by atoms with Crippen LogP contribution in [0.25, 0.3) is 0 Å². The Bertz CT molecular complexity index is 404. The first-order valence-electron chi connectivity index (χ1n) is 5.87. The fraction of sp³-hybridized carbons (Fsp3) is 0.727. The van der Waals surface area contributed by atoms with Crippen LogP contribution in [0.15, 0.2) is 0 Å². The van der Waals surface area contributed by atoms with Crippen LogP contribution in [0.5, 0.6) is 0 Å². The van der Waals surface area contributed by atoms with Crippen LogP contribution in [0, 0.1) is 5.92 Å². The molecule has 0 atom stereocenters. The van der Waals surface area contributed by atoms with Gasteiger partial charge in [-0.25, -0.2) is 13.5 Å². The maximum atomic E-state index is 12.4. The van der Waals surface area contributed by atoms with E-state index < -0.39 is 18.9 Å². The number of primary amides is 1. The molecule has 2 N–H and O–H groups in total. The molecule has 7 heteroatoms. The number of carbonyl (C=O) groups excluding carboxylic acids is 1. The summed E-state index contributed by atoms with van der Waals surface area (Å²) in [6, 6.07) is 0. The summed E-state index contributed by atoms with van der Waals surface area (Å²) >= 11 is 0. The molecule has 0 spiro atoms. The zero-order valence-corrected chi connectivity index (χ0v) is 10.6. The molecule has 1 heterocycles. The number of halogens is 2. The Hall–Kier alpha value is -1.53. The van der Waals surface area contributed by atoms with E-state index in [1.807, 2.05) is 13.8 Å². The van der Waals surface area contributed by atoms with Crippen molar-refractivity contribution in [3.05, 3.63) is 11.4 Å². The molecule has 1 aromatic rings. The molecule has 0 radical (unpaired) electrons. The van der Waals surface area contributed by atoms with Crippen LogP contribution < -0.4 is 5.73 Å². The summed E-state index contributed by atoms with van der Waals surface area (Å²) < 4.78 is 26.0. The molecule has 1 amide bonds. The van der Waals surface area contributed by atoms with Crippen LogP contribution in [0.1, 0.15) is 31.7 Å². The van der Waals surface area contributed by atoms with Crippen molar-refractivity contribution in [2.45, 2.75) is 46.1 Å². The molecule has 0 aliphatic carbocycles. The highest BCUT2D eigenvalue weighted by Gasteiger charge is 2.17. The van der Waals surface area contributed by atoms with Gasteiger partial charge in [-0.2, -0.15) is 0 Å². The van der Waals surface area contributed by atoms with Gasteiger partial charge in [0.2, 0.25) is 5.91 Å². The van der Waals surface area contributed by atoms with E-state index in [0.717, 1.165) is 6.42 Å². The molecule has 0 bridgehead atoms. The molecular formula is C11H18F2N4O. The van der Waals surface area contributed by atoms with E-state index in [9.17, 15) is 13.6 Å². The molecule has 1 rings (SSSR count). The fourth-order valence-corrected chi connectivity index (χ4v) is 1.65. The number of hydrogen-bond acceptors (Lipinski definition) is 3. The molecule has 0 saturated carbocycles. The number of hydrogen-bond donors (Lipinski definition) is 1. The van der Waals surface area contributed by atoms with Crippen molar-refractivity contribution < 1.29 is 13.6 Å². The van der Waals surface area contributed by atoms with Gasteiger partial charge in [-0.05, 0) is 18.8 Å². The molecule has 0 saturated heterocycles. The number of nitrogens with zero attached hydrogens (tertiary/aromatic N) is 3. The van der Waals surface area contributed by atoms with Gasteiger partial charge in [0.15, 0.2) is 0 Å². The molecule has 0 aromatic carbocycles. The third-order valence-corrected chi connectivity index (χ3v) is 2.53. The van der Waals surface area contributed by atoms with Gasteiger partial charge >= 0.3 is 0 Å². The molecule has 18 heavy (non-hydrogen) atoms. The van der Waals surface area contributed by atoms with Crippen molar-refractivity contribution in [3.63, 3.8) is 0 Å². The predicted octanol–water partition coefficient (Wildman–Crippen LogP) is 1.16. The van der Waals surface area contributed by atoms with Gasteiger partial charge in [0.05, 0.1) is 17.8 Å². The number of nitrogens with two attached hydrogens (primary N) is 1. The van der Waals surface area contributed by atoms with Crippen molar-refractivity contribution in [1.29, 1.82) is 0 Å². The minimum atomic E-state index is -2.49. The van der Waals surface area contributed by atoms with Gasteiger partial charge in [0, 0.05) is 0 Å². The summed E-state index contributed by atoms with van der Waals surface area (Å²) in [5.41, 5.74) is 6.09. The smallest absolute Gasteiger partial charge is 0.257 e. The lowest BCUT2D eigenvalue weighted by atomic mass is 10.0. The van der Waals surface area contributed by atoms with Crippen molar-refractivity contribution in [3.8, 4) is 0 Å². The van der Waals surface area contributed by atoms with Crippen LogP contribution in [-0.4, -0.2) is 27.3 Å². The number of amides is 1. The largest absolute Gasteiger partial charge is 0.369 e. The molecule has 0 aliphatic heterocycles.